The van der Waals surface area contributed by atoms with E-state index in [1.54, 1.807) is 18.2 Å². The maximum atomic E-state index is 12.6. The molecular weight excluding hydrogens is 304 g/mol. The van der Waals surface area contributed by atoms with Crippen molar-refractivity contribution in [1.29, 1.82) is 0 Å². The largest absolute Gasteiger partial charge is 0.398 e. The van der Waals surface area contributed by atoms with E-state index in [0.717, 1.165) is 4.47 Å². The molecule has 1 aromatic carbocycles. The maximum Gasteiger partial charge on any atom is 0.319 e. The first-order chi connectivity index (χ1) is 7.83. The second-order valence-electron chi connectivity index (χ2n) is 3.51. The van der Waals surface area contributed by atoms with Gasteiger partial charge in [-0.3, -0.25) is 0 Å². The van der Waals surface area contributed by atoms with E-state index >= 15 is 0 Å². The van der Waals surface area contributed by atoms with Crippen LogP contribution in [0.3, 0.4) is 0 Å². The Bertz CT molecular complexity index is 385. The van der Waals surface area contributed by atoms with Gasteiger partial charge in [0.15, 0.2) is 0 Å². The third-order valence-electron chi connectivity index (χ3n) is 2.10. The summed E-state index contributed by atoms with van der Waals surface area (Å²) in [4.78, 5) is 0. The zero-order chi connectivity index (χ0) is 13.1. The Balaban J connectivity index is 2.51. The second kappa shape index (κ2) is 5.68. The van der Waals surface area contributed by atoms with E-state index in [2.05, 4.69) is 21.2 Å². The van der Waals surface area contributed by atoms with Gasteiger partial charge >= 0.3 is 12.3 Å². The van der Waals surface area contributed by atoms with Crippen molar-refractivity contribution in [3.8, 4) is 0 Å². The topological polar surface area (TPSA) is 38.0 Å². The van der Waals surface area contributed by atoms with Crippen molar-refractivity contribution >= 4 is 21.6 Å². The molecule has 0 amide bonds. The van der Waals surface area contributed by atoms with Gasteiger partial charge in [0.25, 0.3) is 0 Å². The number of alkyl halides is 4. The lowest BCUT2D eigenvalue weighted by molar-refractivity contribution is -0.125. The highest BCUT2D eigenvalue weighted by Crippen LogP contribution is 2.22. The fourth-order valence-electron chi connectivity index (χ4n) is 1.17. The fraction of sp³-hybridized carbons (Fsp3) is 0.400. The zero-order valence-electron chi connectivity index (χ0n) is 8.69. The lowest BCUT2D eigenvalue weighted by atomic mass is 10.2. The van der Waals surface area contributed by atoms with Gasteiger partial charge < -0.3 is 11.1 Å². The summed E-state index contributed by atoms with van der Waals surface area (Å²) in [5, 5.41) is 2.26. The molecule has 7 heteroatoms. The van der Waals surface area contributed by atoms with Gasteiger partial charge in [0, 0.05) is 16.7 Å². The van der Waals surface area contributed by atoms with Crippen LogP contribution < -0.4 is 11.1 Å². The van der Waals surface area contributed by atoms with E-state index in [-0.39, 0.29) is 6.54 Å². The summed E-state index contributed by atoms with van der Waals surface area (Å²) in [6, 6.07) is 4.94. The predicted molar refractivity (Wildman–Crippen MR) is 61.2 cm³/mol. The summed E-state index contributed by atoms with van der Waals surface area (Å²) < 4.78 is 49.6. The lowest BCUT2D eigenvalue weighted by Crippen LogP contribution is -2.38. The smallest absolute Gasteiger partial charge is 0.319 e. The van der Waals surface area contributed by atoms with Crippen molar-refractivity contribution in [2.24, 2.45) is 0 Å². The van der Waals surface area contributed by atoms with Crippen LogP contribution in [0.15, 0.2) is 22.7 Å². The van der Waals surface area contributed by atoms with Crippen molar-refractivity contribution in [2.75, 3.05) is 12.3 Å². The quantitative estimate of drug-likeness (QED) is 0.647. The number of benzene rings is 1. The highest BCUT2D eigenvalue weighted by Gasteiger charge is 2.39. The average Bonchev–Trinajstić information content (AvgIpc) is 2.21. The molecule has 0 atom stereocenters. The van der Waals surface area contributed by atoms with Gasteiger partial charge in [-0.2, -0.15) is 8.78 Å². The van der Waals surface area contributed by atoms with E-state index in [0.29, 0.717) is 11.3 Å². The Morgan fingerprint density at radius 2 is 2.00 bits per heavy atom. The SMILES string of the molecule is Nc1cc(Br)ccc1CNCC(F)(F)C(F)F. The molecule has 0 aliphatic carbocycles. The number of halogens is 5. The highest BCUT2D eigenvalue weighted by molar-refractivity contribution is 9.10. The standard InChI is InChI=1S/C10H11BrF4N2/c11-7-2-1-6(8(16)3-7)4-17-5-10(14,15)9(12)13/h1-3,9,17H,4-5,16H2. The molecule has 0 aliphatic heterocycles. The molecule has 0 heterocycles. The van der Waals surface area contributed by atoms with Crippen LogP contribution >= 0.6 is 15.9 Å². The Morgan fingerprint density at radius 3 is 2.53 bits per heavy atom. The van der Waals surface area contributed by atoms with Crippen molar-refractivity contribution in [2.45, 2.75) is 18.9 Å². The first kappa shape index (κ1) is 14.2. The van der Waals surface area contributed by atoms with Crippen LogP contribution in [-0.4, -0.2) is 18.9 Å². The average molecular weight is 315 g/mol. The Labute approximate surface area is 104 Å². The molecule has 96 valence electrons. The van der Waals surface area contributed by atoms with E-state index in [9.17, 15) is 17.6 Å². The molecule has 3 N–H and O–H groups in total. The number of nitrogens with one attached hydrogen (secondary N) is 1. The van der Waals surface area contributed by atoms with Crippen molar-refractivity contribution in [3.63, 3.8) is 0 Å². The molecule has 0 aromatic heterocycles. The van der Waals surface area contributed by atoms with Gasteiger partial charge in [0.2, 0.25) is 0 Å². The van der Waals surface area contributed by atoms with E-state index in [4.69, 9.17) is 5.73 Å². The Kier molecular flexibility index (Phi) is 4.76. The van der Waals surface area contributed by atoms with Crippen molar-refractivity contribution in [1.82, 2.24) is 5.32 Å². The molecule has 1 rings (SSSR count). The number of rotatable bonds is 5. The lowest BCUT2D eigenvalue weighted by Gasteiger charge is -2.16. The molecule has 2 nitrogen and oxygen atoms in total. The predicted octanol–water partition coefficient (Wildman–Crippen LogP) is 3.02. The summed E-state index contributed by atoms with van der Waals surface area (Å²) in [6.45, 7) is -1.07. The van der Waals surface area contributed by atoms with Crippen LogP contribution in [0.2, 0.25) is 0 Å². The van der Waals surface area contributed by atoms with Crippen LogP contribution in [0, 0.1) is 0 Å². The molecule has 1 aromatic rings. The normalized spacial score (nSPS) is 12.1. The molecule has 0 radical (unpaired) electrons. The van der Waals surface area contributed by atoms with Crippen molar-refractivity contribution in [3.05, 3.63) is 28.2 Å². The third kappa shape index (κ3) is 4.16. The van der Waals surface area contributed by atoms with Gasteiger partial charge in [-0.1, -0.05) is 22.0 Å². The van der Waals surface area contributed by atoms with Crippen LogP contribution in [0.25, 0.3) is 0 Å². The van der Waals surface area contributed by atoms with E-state index < -0.39 is 18.9 Å². The summed E-state index contributed by atoms with van der Waals surface area (Å²) in [5.74, 6) is -4.02. The minimum atomic E-state index is -4.02. The van der Waals surface area contributed by atoms with Gasteiger partial charge in [0.05, 0.1) is 6.54 Å². The number of nitrogen functional groups attached to an aromatic ring is 1. The molecule has 0 saturated heterocycles. The highest BCUT2D eigenvalue weighted by atomic mass is 79.9. The number of anilines is 1. The van der Waals surface area contributed by atoms with Gasteiger partial charge in [-0.15, -0.1) is 0 Å². The third-order valence-corrected chi connectivity index (χ3v) is 2.60. The van der Waals surface area contributed by atoms with Gasteiger partial charge in [0.1, 0.15) is 0 Å². The van der Waals surface area contributed by atoms with Crippen LogP contribution in [0.4, 0.5) is 23.2 Å². The zero-order valence-corrected chi connectivity index (χ0v) is 10.3. The first-order valence-corrected chi connectivity index (χ1v) is 5.53. The van der Waals surface area contributed by atoms with Crippen molar-refractivity contribution < 1.29 is 17.6 Å². The van der Waals surface area contributed by atoms with Crippen LogP contribution in [-0.2, 0) is 6.54 Å². The van der Waals surface area contributed by atoms with Gasteiger partial charge in [-0.25, -0.2) is 8.78 Å². The molecule has 0 fully saturated rings. The van der Waals surface area contributed by atoms with Crippen LogP contribution in [0.1, 0.15) is 5.56 Å². The Morgan fingerprint density at radius 1 is 1.35 bits per heavy atom. The fourth-order valence-corrected chi connectivity index (χ4v) is 1.55. The molecule has 17 heavy (non-hydrogen) atoms. The summed E-state index contributed by atoms with van der Waals surface area (Å²) in [5.41, 5.74) is 6.62. The monoisotopic (exact) mass is 314 g/mol. The van der Waals surface area contributed by atoms with Gasteiger partial charge in [-0.05, 0) is 17.7 Å². The Hall–Kier alpha value is -0.820. The molecule has 0 spiro atoms. The first-order valence-electron chi connectivity index (χ1n) is 4.73. The molecular formula is C10H11BrF4N2. The summed E-state index contributed by atoms with van der Waals surface area (Å²) >= 11 is 3.20. The molecule has 0 saturated carbocycles. The second-order valence-corrected chi connectivity index (χ2v) is 4.42. The van der Waals surface area contributed by atoms with E-state index in [1.807, 2.05) is 0 Å². The number of nitrogens with two attached hydrogens (primary N) is 1. The van der Waals surface area contributed by atoms with Crippen LogP contribution in [0.5, 0.6) is 0 Å². The minimum Gasteiger partial charge on any atom is -0.398 e. The molecule has 0 bridgehead atoms. The van der Waals surface area contributed by atoms with E-state index in [1.165, 1.54) is 0 Å². The molecule has 0 aliphatic rings. The summed E-state index contributed by atoms with van der Waals surface area (Å²) in [7, 11) is 0. The maximum absolute atomic E-state index is 12.6. The summed E-state index contributed by atoms with van der Waals surface area (Å²) in [6.07, 6.45) is -3.67. The molecule has 0 unspecified atom stereocenters. The number of hydrogen-bond acceptors (Lipinski definition) is 2. The minimum absolute atomic E-state index is 0.0153. The number of hydrogen-bond donors (Lipinski definition) is 2.